The molecule has 0 aliphatic heterocycles. The Labute approximate surface area is 115 Å². The van der Waals surface area contributed by atoms with Crippen LogP contribution < -0.4 is 4.74 Å². The van der Waals surface area contributed by atoms with Gasteiger partial charge >= 0.3 is 5.97 Å². The zero-order valence-electron chi connectivity index (χ0n) is 9.43. The molecule has 1 N–H and O–H groups in total. The summed E-state index contributed by atoms with van der Waals surface area (Å²) in [6.45, 7) is 0.555. The molecule has 0 radical (unpaired) electrons. The van der Waals surface area contributed by atoms with Crippen LogP contribution in [-0.4, -0.2) is 17.7 Å². The molecular formula is C13H15IO3. The Morgan fingerprint density at radius 2 is 2.12 bits per heavy atom. The van der Waals surface area contributed by atoms with E-state index in [9.17, 15) is 4.79 Å². The van der Waals surface area contributed by atoms with E-state index in [1.165, 1.54) is 0 Å². The number of para-hydroxylation sites is 1. The Hall–Kier alpha value is -1.04. The van der Waals surface area contributed by atoms with Crippen molar-refractivity contribution in [2.24, 2.45) is 0 Å². The van der Waals surface area contributed by atoms with Gasteiger partial charge in [0.15, 0.2) is 0 Å². The Bertz CT molecular complexity index is 388. The van der Waals surface area contributed by atoms with Crippen LogP contribution in [-0.2, 0) is 4.79 Å². The SMILES string of the molecule is O=C(O)CCCCOc1ccccc1/C=C/I. The lowest BCUT2D eigenvalue weighted by molar-refractivity contribution is -0.137. The van der Waals surface area contributed by atoms with E-state index in [2.05, 4.69) is 22.6 Å². The van der Waals surface area contributed by atoms with Crippen LogP contribution in [0.3, 0.4) is 0 Å². The van der Waals surface area contributed by atoms with Gasteiger partial charge in [0.1, 0.15) is 5.75 Å². The van der Waals surface area contributed by atoms with E-state index in [4.69, 9.17) is 9.84 Å². The van der Waals surface area contributed by atoms with Gasteiger partial charge in [0.2, 0.25) is 0 Å². The number of rotatable bonds is 7. The largest absolute Gasteiger partial charge is 0.493 e. The first-order valence-electron chi connectivity index (χ1n) is 5.44. The first kappa shape index (κ1) is 14.0. The Kier molecular flexibility index (Phi) is 6.69. The van der Waals surface area contributed by atoms with Gasteiger partial charge in [0.05, 0.1) is 6.61 Å². The van der Waals surface area contributed by atoms with Gasteiger partial charge in [-0.25, -0.2) is 0 Å². The number of halogens is 1. The lowest BCUT2D eigenvalue weighted by atomic mass is 10.2. The highest BCUT2D eigenvalue weighted by molar-refractivity contribution is 14.1. The second-order valence-corrected chi connectivity index (χ2v) is 4.25. The van der Waals surface area contributed by atoms with E-state index < -0.39 is 5.97 Å². The van der Waals surface area contributed by atoms with Crippen molar-refractivity contribution >= 4 is 34.6 Å². The van der Waals surface area contributed by atoms with Crippen LogP contribution in [0.4, 0.5) is 0 Å². The van der Waals surface area contributed by atoms with E-state index >= 15 is 0 Å². The van der Waals surface area contributed by atoms with Crippen molar-refractivity contribution in [2.45, 2.75) is 19.3 Å². The molecular weight excluding hydrogens is 331 g/mol. The number of carbonyl (C=O) groups is 1. The first-order chi connectivity index (χ1) is 8.24. The lowest BCUT2D eigenvalue weighted by Gasteiger charge is -2.08. The summed E-state index contributed by atoms with van der Waals surface area (Å²) in [7, 11) is 0. The van der Waals surface area contributed by atoms with Gasteiger partial charge in [-0.15, -0.1) is 0 Å². The summed E-state index contributed by atoms with van der Waals surface area (Å²) in [5.41, 5.74) is 1.04. The number of aliphatic carboxylic acids is 1. The normalized spacial score (nSPS) is 10.6. The molecule has 0 fully saturated rings. The van der Waals surface area contributed by atoms with Crippen molar-refractivity contribution in [3.8, 4) is 5.75 Å². The van der Waals surface area contributed by atoms with Crippen molar-refractivity contribution in [2.75, 3.05) is 6.61 Å². The molecule has 3 nitrogen and oxygen atoms in total. The zero-order valence-corrected chi connectivity index (χ0v) is 11.6. The number of ether oxygens (including phenoxy) is 1. The molecule has 1 aromatic carbocycles. The van der Waals surface area contributed by atoms with E-state index in [1.54, 1.807) is 0 Å². The molecule has 1 rings (SSSR count). The molecule has 0 bridgehead atoms. The Morgan fingerprint density at radius 1 is 1.35 bits per heavy atom. The van der Waals surface area contributed by atoms with Crippen LogP contribution in [0.1, 0.15) is 24.8 Å². The summed E-state index contributed by atoms with van der Waals surface area (Å²) in [5, 5.41) is 8.49. The van der Waals surface area contributed by atoms with Crippen molar-refractivity contribution in [3.05, 3.63) is 33.9 Å². The average molecular weight is 346 g/mol. The predicted octanol–water partition coefficient (Wildman–Crippen LogP) is 3.73. The van der Waals surface area contributed by atoms with E-state index in [0.29, 0.717) is 13.0 Å². The number of benzene rings is 1. The number of carboxylic acids is 1. The fraction of sp³-hybridized carbons (Fsp3) is 0.308. The number of carboxylic acid groups (broad SMARTS) is 1. The van der Waals surface area contributed by atoms with Crippen molar-refractivity contribution in [3.63, 3.8) is 0 Å². The van der Waals surface area contributed by atoms with Crippen molar-refractivity contribution in [1.29, 1.82) is 0 Å². The van der Waals surface area contributed by atoms with Gasteiger partial charge in [-0.3, -0.25) is 4.79 Å². The summed E-state index contributed by atoms with van der Waals surface area (Å²) in [4.78, 5) is 10.3. The van der Waals surface area contributed by atoms with Gasteiger partial charge in [-0.2, -0.15) is 0 Å². The molecule has 17 heavy (non-hydrogen) atoms. The van der Waals surface area contributed by atoms with Gasteiger partial charge in [0, 0.05) is 12.0 Å². The molecule has 0 aromatic heterocycles. The summed E-state index contributed by atoms with van der Waals surface area (Å²) in [6, 6.07) is 7.80. The fourth-order valence-corrected chi connectivity index (χ4v) is 1.77. The van der Waals surface area contributed by atoms with Crippen LogP contribution in [0, 0.1) is 0 Å². The second kappa shape index (κ2) is 8.11. The van der Waals surface area contributed by atoms with Gasteiger partial charge in [-0.05, 0) is 29.1 Å². The molecule has 0 amide bonds. The number of hydrogen-bond donors (Lipinski definition) is 1. The van der Waals surface area contributed by atoms with E-state index in [0.717, 1.165) is 17.7 Å². The molecule has 0 heterocycles. The monoisotopic (exact) mass is 346 g/mol. The van der Waals surface area contributed by atoms with Crippen LogP contribution in [0.2, 0.25) is 0 Å². The van der Waals surface area contributed by atoms with Gasteiger partial charge in [0.25, 0.3) is 0 Å². The third-order valence-corrected chi connectivity index (χ3v) is 2.56. The summed E-state index contributed by atoms with van der Waals surface area (Å²) in [6.07, 6.45) is 3.60. The second-order valence-electron chi connectivity index (χ2n) is 3.53. The molecule has 4 heteroatoms. The minimum Gasteiger partial charge on any atom is -0.493 e. The number of unbranched alkanes of at least 4 members (excludes halogenated alkanes) is 1. The standard InChI is InChI=1S/C13H15IO3/c14-9-8-11-5-1-2-6-12(11)17-10-4-3-7-13(15)16/h1-2,5-6,8-9H,3-4,7,10H2,(H,15,16)/b9-8+. The minimum absolute atomic E-state index is 0.207. The van der Waals surface area contributed by atoms with Crippen LogP contribution in [0.5, 0.6) is 5.75 Å². The zero-order chi connectivity index (χ0) is 12.5. The van der Waals surface area contributed by atoms with Crippen LogP contribution >= 0.6 is 22.6 Å². The maximum Gasteiger partial charge on any atom is 0.303 e. The molecule has 0 atom stereocenters. The molecule has 0 saturated heterocycles. The molecule has 0 unspecified atom stereocenters. The smallest absolute Gasteiger partial charge is 0.303 e. The molecule has 0 aliphatic carbocycles. The Balaban J connectivity index is 2.38. The van der Waals surface area contributed by atoms with Crippen molar-refractivity contribution < 1.29 is 14.6 Å². The summed E-state index contributed by atoms with van der Waals surface area (Å²) < 4.78 is 7.56. The lowest BCUT2D eigenvalue weighted by Crippen LogP contribution is -2.01. The third-order valence-electron chi connectivity index (χ3n) is 2.20. The maximum absolute atomic E-state index is 10.3. The molecule has 0 aliphatic rings. The highest BCUT2D eigenvalue weighted by atomic mass is 127. The van der Waals surface area contributed by atoms with Crippen LogP contribution in [0.15, 0.2) is 28.3 Å². The van der Waals surface area contributed by atoms with Gasteiger partial charge in [-0.1, -0.05) is 40.8 Å². The minimum atomic E-state index is -0.752. The average Bonchev–Trinajstić information content (AvgIpc) is 2.31. The molecule has 1 aromatic rings. The third kappa shape index (κ3) is 5.72. The summed E-state index contributed by atoms with van der Waals surface area (Å²) >= 11 is 2.16. The predicted molar refractivity (Wildman–Crippen MR) is 76.5 cm³/mol. The fourth-order valence-electron chi connectivity index (χ4n) is 1.38. The highest BCUT2D eigenvalue weighted by Crippen LogP contribution is 2.20. The molecule has 0 saturated carbocycles. The van der Waals surface area contributed by atoms with Gasteiger partial charge < -0.3 is 9.84 Å². The Morgan fingerprint density at radius 3 is 2.82 bits per heavy atom. The topological polar surface area (TPSA) is 46.5 Å². The van der Waals surface area contributed by atoms with E-state index in [-0.39, 0.29) is 6.42 Å². The maximum atomic E-state index is 10.3. The molecule has 92 valence electrons. The molecule has 0 spiro atoms. The van der Waals surface area contributed by atoms with Crippen molar-refractivity contribution in [1.82, 2.24) is 0 Å². The number of hydrogen-bond acceptors (Lipinski definition) is 2. The van der Waals surface area contributed by atoms with E-state index in [1.807, 2.05) is 34.4 Å². The van der Waals surface area contributed by atoms with Crippen LogP contribution in [0.25, 0.3) is 6.08 Å². The summed E-state index contributed by atoms with van der Waals surface area (Å²) in [5.74, 6) is 0.0917. The quantitative estimate of drug-likeness (QED) is 0.605. The highest BCUT2D eigenvalue weighted by Gasteiger charge is 2.00. The first-order valence-corrected chi connectivity index (χ1v) is 6.69.